The number of benzene rings is 1. The van der Waals surface area contributed by atoms with E-state index in [-0.39, 0.29) is 11.6 Å². The number of anilines is 2. The van der Waals surface area contributed by atoms with Gasteiger partial charge in [0.1, 0.15) is 20.7 Å². The van der Waals surface area contributed by atoms with Crippen LogP contribution >= 0.6 is 11.6 Å². The number of aromatic nitrogens is 2. The molecule has 1 heterocycles. The van der Waals surface area contributed by atoms with Crippen LogP contribution in [0, 0.1) is 0 Å². The first-order valence-corrected chi connectivity index (χ1v) is 8.42. The second-order valence-electron chi connectivity index (χ2n) is 5.89. The van der Waals surface area contributed by atoms with Crippen molar-refractivity contribution in [2.45, 2.75) is 17.3 Å². The first kappa shape index (κ1) is 21.9. The fraction of sp³-hybridized carbons (Fsp3) is 0.188. The van der Waals surface area contributed by atoms with Gasteiger partial charge in [-0.3, -0.25) is 0 Å². The molecule has 2 aromatic rings. The normalized spacial score (nSPS) is 12.9. The molecule has 0 atom stereocenters. The summed E-state index contributed by atoms with van der Waals surface area (Å²) < 4.78 is 0. The Kier molecular flexibility index (Phi) is 7.21. The third-order valence-corrected chi connectivity index (χ3v) is 3.82. The Morgan fingerprint density at radius 1 is 1.25 bits per heavy atom. The van der Waals surface area contributed by atoms with Gasteiger partial charge in [-0.1, -0.05) is 41.9 Å². The second kappa shape index (κ2) is 9.21. The molecule has 5 N–H and O–H groups in total. The van der Waals surface area contributed by atoms with Crippen molar-refractivity contribution < 1.29 is 5.11 Å². The van der Waals surface area contributed by atoms with Gasteiger partial charge in [0.15, 0.2) is 5.82 Å². The van der Waals surface area contributed by atoms with Crippen molar-refractivity contribution in [2.75, 3.05) is 10.6 Å². The number of nitrogens with two attached hydrogens (primary N) is 1. The van der Waals surface area contributed by atoms with Crippen molar-refractivity contribution in [3.05, 3.63) is 59.0 Å². The maximum atomic E-state index is 9.51. The van der Waals surface area contributed by atoms with Gasteiger partial charge in [-0.25, -0.2) is 4.98 Å². The Balaban J connectivity index is 2.10. The predicted molar refractivity (Wildman–Crippen MR) is 116 cm³/mol. The lowest BCUT2D eigenvalue weighted by Gasteiger charge is -2.36. The molecule has 0 aliphatic heterocycles. The highest BCUT2D eigenvalue weighted by Crippen LogP contribution is 2.21. The van der Waals surface area contributed by atoms with Crippen LogP contribution in [0.5, 0.6) is 0 Å². The lowest BCUT2D eigenvalue weighted by molar-refractivity contribution is 0.196. The number of nitrogens with one attached hydrogen (secondary N) is 2. The summed E-state index contributed by atoms with van der Waals surface area (Å²) >= 11 is 6.13. The first-order valence-electron chi connectivity index (χ1n) is 8.05. The van der Waals surface area contributed by atoms with E-state index in [2.05, 4.69) is 25.6 Å². The number of aliphatic hydroxyl groups is 1. The number of hydrogen-bond acceptors (Lipinski definition) is 7. The van der Waals surface area contributed by atoms with E-state index < -0.39 is 10.7 Å². The van der Waals surface area contributed by atoms with Crippen molar-refractivity contribution in [2.24, 2.45) is 10.7 Å². The predicted octanol–water partition coefficient (Wildman–Crippen LogP) is -0.00120. The van der Waals surface area contributed by atoms with Crippen LogP contribution in [0.2, 0.25) is 5.02 Å². The highest BCUT2D eigenvalue weighted by molar-refractivity contribution is 6.54. The minimum Gasteiger partial charge on any atom is -0.408 e. The zero-order chi connectivity index (χ0) is 20.8. The van der Waals surface area contributed by atoms with Gasteiger partial charge in [0.25, 0.3) is 0 Å². The summed E-state index contributed by atoms with van der Waals surface area (Å²) in [5.41, 5.74) is 6.82. The Labute approximate surface area is 173 Å². The van der Waals surface area contributed by atoms with Crippen molar-refractivity contribution >= 4 is 61.0 Å². The number of halogens is 1. The molecule has 7 nitrogen and oxygen atoms in total. The number of aliphatic imine (C=N–C) groups is 1. The van der Waals surface area contributed by atoms with E-state index in [0.717, 1.165) is 11.8 Å². The summed E-state index contributed by atoms with van der Waals surface area (Å²) in [6.07, 6.45) is 3.73. The maximum absolute atomic E-state index is 9.51. The van der Waals surface area contributed by atoms with E-state index in [1.807, 2.05) is 30.3 Å². The van der Waals surface area contributed by atoms with E-state index in [1.54, 1.807) is 0 Å². The lowest BCUT2D eigenvalue weighted by atomic mass is 9.40. The van der Waals surface area contributed by atoms with E-state index in [0.29, 0.717) is 17.4 Å². The van der Waals surface area contributed by atoms with Crippen LogP contribution in [-0.4, -0.2) is 63.4 Å². The summed E-state index contributed by atoms with van der Waals surface area (Å²) in [6.45, 7) is 0.520. The standard InChI is InChI=1S/C16H15B4ClN6O/c17-15(18,16(19,20)28)25-8-11(6-22)26-14-24-9-12(21)13(27-14)23-7-10-4-2-1-3-5-10/h1-6,8-9,28H,7,22H2,(H2,23,24,26,27)/b11-6+,25-8+. The fourth-order valence-electron chi connectivity index (χ4n) is 1.86. The van der Waals surface area contributed by atoms with Crippen LogP contribution in [0.3, 0.4) is 0 Å². The highest BCUT2D eigenvalue weighted by Gasteiger charge is 2.31. The number of allylic oxidation sites excluding steroid dienone is 1. The van der Waals surface area contributed by atoms with Crippen LogP contribution in [-0.2, 0) is 6.54 Å². The molecule has 0 saturated heterocycles. The molecular formula is C16H15B4ClN6O. The molecule has 2 rings (SSSR count). The van der Waals surface area contributed by atoms with E-state index in [4.69, 9.17) is 48.7 Å². The van der Waals surface area contributed by atoms with Gasteiger partial charge in [0.2, 0.25) is 5.95 Å². The maximum Gasteiger partial charge on any atom is 0.229 e. The molecular weight excluding hydrogens is 371 g/mol. The van der Waals surface area contributed by atoms with Crippen LogP contribution in [0.4, 0.5) is 11.8 Å². The van der Waals surface area contributed by atoms with Gasteiger partial charge in [0.05, 0.1) is 27.6 Å². The minimum atomic E-state index is -2.44. The summed E-state index contributed by atoms with van der Waals surface area (Å²) in [5.74, 6) is 0.597. The average Bonchev–Trinajstić information content (AvgIpc) is 2.65. The monoisotopic (exact) mass is 386 g/mol. The molecule has 0 fully saturated rings. The van der Waals surface area contributed by atoms with Crippen molar-refractivity contribution in [1.29, 1.82) is 0 Å². The summed E-state index contributed by atoms with van der Waals surface area (Å²) in [7, 11) is 21.6. The Bertz CT molecular complexity index is 858. The van der Waals surface area contributed by atoms with E-state index in [1.165, 1.54) is 12.4 Å². The molecule has 0 aliphatic rings. The third kappa shape index (κ3) is 6.07. The quantitative estimate of drug-likeness (QED) is 0.376. The molecule has 134 valence electrons. The molecule has 8 radical (unpaired) electrons. The Hall–Kier alpha value is -2.38. The zero-order valence-corrected chi connectivity index (χ0v) is 15.6. The second-order valence-corrected chi connectivity index (χ2v) is 6.29. The summed E-state index contributed by atoms with van der Waals surface area (Å²) in [4.78, 5) is 12.1. The largest absolute Gasteiger partial charge is 0.408 e. The molecule has 12 heteroatoms. The zero-order valence-electron chi connectivity index (χ0n) is 14.9. The minimum absolute atomic E-state index is 0.179. The molecule has 0 amide bonds. The van der Waals surface area contributed by atoms with Crippen LogP contribution in [0.1, 0.15) is 5.56 Å². The van der Waals surface area contributed by atoms with Crippen LogP contribution in [0.25, 0.3) is 0 Å². The molecule has 28 heavy (non-hydrogen) atoms. The van der Waals surface area contributed by atoms with Gasteiger partial charge in [-0.2, -0.15) is 4.98 Å². The molecule has 0 unspecified atom stereocenters. The topological polar surface area (TPSA) is 108 Å². The van der Waals surface area contributed by atoms with E-state index >= 15 is 0 Å². The third-order valence-electron chi connectivity index (χ3n) is 3.54. The highest BCUT2D eigenvalue weighted by atomic mass is 35.5. The van der Waals surface area contributed by atoms with Gasteiger partial charge in [-0.05, 0) is 16.3 Å². The molecule has 0 spiro atoms. The van der Waals surface area contributed by atoms with Crippen LogP contribution < -0.4 is 16.4 Å². The Morgan fingerprint density at radius 3 is 2.54 bits per heavy atom. The molecule has 0 saturated carbocycles. The SMILES string of the molecule is [B]C([B])(O)C([B])([B])/N=C/C(=C\N)Nc1ncc(Cl)c(NCc2ccccc2)n1. The molecule has 1 aromatic heterocycles. The lowest BCUT2D eigenvalue weighted by Crippen LogP contribution is -2.55. The van der Waals surface area contributed by atoms with E-state index in [9.17, 15) is 5.11 Å². The molecule has 0 bridgehead atoms. The van der Waals surface area contributed by atoms with Gasteiger partial charge in [-0.15, -0.1) is 0 Å². The summed E-state index contributed by atoms with van der Waals surface area (Å²) in [5, 5.41) is 11.2. The van der Waals surface area contributed by atoms with Gasteiger partial charge >= 0.3 is 0 Å². The number of hydrogen-bond donors (Lipinski definition) is 4. The average molecular weight is 386 g/mol. The van der Waals surface area contributed by atoms with Crippen molar-refractivity contribution in [1.82, 2.24) is 9.97 Å². The number of rotatable bonds is 8. The summed E-state index contributed by atoms with van der Waals surface area (Å²) in [6, 6.07) is 9.73. The molecule has 0 aliphatic carbocycles. The first-order chi connectivity index (χ1) is 13.1. The van der Waals surface area contributed by atoms with Gasteiger partial charge < -0.3 is 26.5 Å². The van der Waals surface area contributed by atoms with Crippen LogP contribution in [0.15, 0.2) is 53.4 Å². The number of nitrogens with zero attached hydrogens (tertiary/aromatic N) is 3. The smallest absolute Gasteiger partial charge is 0.229 e. The van der Waals surface area contributed by atoms with Crippen molar-refractivity contribution in [3.63, 3.8) is 0 Å². The van der Waals surface area contributed by atoms with Crippen molar-refractivity contribution in [3.8, 4) is 0 Å². The Morgan fingerprint density at radius 2 is 1.93 bits per heavy atom. The fourth-order valence-corrected chi connectivity index (χ4v) is 2.02. The molecule has 1 aromatic carbocycles. The van der Waals surface area contributed by atoms with Gasteiger partial charge in [0, 0.05) is 19.0 Å².